The van der Waals surface area contributed by atoms with E-state index in [1.165, 1.54) is 50.6 Å². The van der Waals surface area contributed by atoms with E-state index < -0.39 is 17.4 Å². The quantitative estimate of drug-likeness (QED) is 0.412. The second-order valence-corrected chi connectivity index (χ2v) is 12.8. The molecule has 0 heterocycles. The molecule has 0 saturated carbocycles. The average Bonchev–Trinajstić information content (AvgIpc) is 2.54. The molecule has 1 aromatic carbocycles. The lowest BCUT2D eigenvalue weighted by Gasteiger charge is -2.28. The molecule has 0 atom stereocenters. The molecule has 0 N–H and O–H groups in total. The molecule has 5 heteroatoms. The fourth-order valence-electron chi connectivity index (χ4n) is 2.89. The van der Waals surface area contributed by atoms with Crippen molar-refractivity contribution in [2.24, 2.45) is 5.92 Å². The Labute approximate surface area is 156 Å². The number of hydrogen-bond acceptors (Lipinski definition) is 3. The first kappa shape index (κ1) is 24.6. The van der Waals surface area contributed by atoms with Crippen LogP contribution in [0.2, 0.25) is 0 Å². The van der Waals surface area contributed by atoms with Gasteiger partial charge in [-0.2, -0.15) is 0 Å². The second-order valence-electron chi connectivity index (χ2n) is 7.25. The smallest absolute Gasteiger partial charge is 0.0939 e. The fourth-order valence-corrected chi connectivity index (χ4v) is 8.00. The first-order valence-electron chi connectivity index (χ1n) is 9.47. The zero-order valence-corrected chi connectivity index (χ0v) is 18.4. The first-order chi connectivity index (χ1) is 11.6. The van der Waals surface area contributed by atoms with Gasteiger partial charge in [-0.05, 0) is 37.3 Å². The summed E-state index contributed by atoms with van der Waals surface area (Å²) in [5.41, 5.74) is 0. The maximum Gasteiger partial charge on any atom is 0.0939 e. The summed E-state index contributed by atoms with van der Waals surface area (Å²) in [7, 11) is -4.85. The Balaban J connectivity index is 0.00000101. The molecule has 1 aromatic rings. The molecule has 0 radical (unpaired) electrons. The summed E-state index contributed by atoms with van der Waals surface area (Å²) >= 11 is 0. The normalized spacial score (nSPS) is 12.0. The zero-order valence-electron chi connectivity index (χ0n) is 16.7. The standard InChI is InChI=1S/C19H34P.CH4O3S/c1-5-7-15-20(16-8-6-2,17-14-18(3)4)19-12-10-9-11-13-19;1-5(2,3)4/h9-13,18H,5-8,14-17H2,1-4H3;1H3,(H,2,3,4)/q+1;/p-1. The minimum absolute atomic E-state index is 0.604. The SMILES string of the molecule is CCCC[P+](CCCC)(CCC(C)C)c1ccccc1.CS(=O)(=O)[O-]. The predicted molar refractivity (Wildman–Crippen MR) is 112 cm³/mol. The van der Waals surface area contributed by atoms with Crippen LogP contribution in [0.3, 0.4) is 0 Å². The first-order valence-corrected chi connectivity index (χ1v) is 13.6. The predicted octanol–water partition coefficient (Wildman–Crippen LogP) is 5.14. The highest BCUT2D eigenvalue weighted by atomic mass is 32.2. The van der Waals surface area contributed by atoms with Gasteiger partial charge in [0.1, 0.15) is 0 Å². The highest BCUT2D eigenvalue weighted by Gasteiger charge is 2.38. The van der Waals surface area contributed by atoms with Gasteiger partial charge in [0, 0.05) is 13.5 Å². The monoisotopic (exact) mass is 388 g/mol. The summed E-state index contributed by atoms with van der Waals surface area (Å²) in [6, 6.07) is 11.5. The van der Waals surface area contributed by atoms with Gasteiger partial charge in [0.2, 0.25) is 0 Å². The molecular formula is C20H37O3PS. The van der Waals surface area contributed by atoms with E-state index in [9.17, 15) is 0 Å². The molecule has 0 saturated heterocycles. The van der Waals surface area contributed by atoms with E-state index in [0.29, 0.717) is 6.26 Å². The molecule has 0 aliphatic heterocycles. The summed E-state index contributed by atoms with van der Waals surface area (Å²) in [4.78, 5) is 0. The van der Waals surface area contributed by atoms with Gasteiger partial charge in [-0.25, -0.2) is 8.42 Å². The lowest BCUT2D eigenvalue weighted by atomic mass is 10.2. The Hall–Kier alpha value is -0.440. The van der Waals surface area contributed by atoms with Gasteiger partial charge < -0.3 is 4.55 Å². The van der Waals surface area contributed by atoms with Gasteiger partial charge >= 0.3 is 0 Å². The van der Waals surface area contributed by atoms with Gasteiger partial charge in [0.25, 0.3) is 0 Å². The number of hydrogen-bond donors (Lipinski definition) is 0. The lowest BCUT2D eigenvalue weighted by molar-refractivity contribution is 0.470. The Kier molecular flexibility index (Phi) is 12.6. The highest BCUT2D eigenvalue weighted by molar-refractivity contribution is 7.85. The van der Waals surface area contributed by atoms with Crippen molar-refractivity contribution in [1.29, 1.82) is 0 Å². The van der Waals surface area contributed by atoms with Crippen LogP contribution in [0, 0.1) is 5.92 Å². The van der Waals surface area contributed by atoms with Gasteiger partial charge in [0.15, 0.2) is 0 Å². The van der Waals surface area contributed by atoms with Gasteiger partial charge in [-0.3, -0.25) is 0 Å². The van der Waals surface area contributed by atoms with E-state index in [0.717, 1.165) is 5.92 Å². The van der Waals surface area contributed by atoms with Crippen LogP contribution in [0.15, 0.2) is 30.3 Å². The summed E-state index contributed by atoms with van der Waals surface area (Å²) in [6.45, 7) is 9.42. The second kappa shape index (κ2) is 12.8. The number of unbranched alkanes of at least 4 members (excludes halogenated alkanes) is 2. The minimum atomic E-state index is -3.92. The molecular weight excluding hydrogens is 351 g/mol. The molecule has 0 unspecified atom stereocenters. The van der Waals surface area contributed by atoms with Crippen molar-refractivity contribution >= 4 is 22.7 Å². The summed E-state index contributed by atoms with van der Waals surface area (Å²) in [5.74, 6) is 0.835. The third-order valence-electron chi connectivity index (χ3n) is 4.32. The van der Waals surface area contributed by atoms with E-state index in [4.69, 9.17) is 13.0 Å². The molecule has 0 aromatic heterocycles. The van der Waals surface area contributed by atoms with Gasteiger partial charge in [-0.1, -0.05) is 58.7 Å². The Bertz CT molecular complexity index is 525. The Morgan fingerprint density at radius 3 is 1.76 bits per heavy atom. The van der Waals surface area contributed by atoms with Crippen LogP contribution in [0.4, 0.5) is 0 Å². The third-order valence-corrected chi connectivity index (χ3v) is 9.17. The van der Waals surface area contributed by atoms with Crippen molar-refractivity contribution in [3.05, 3.63) is 30.3 Å². The maximum atomic E-state index is 9.08. The molecule has 0 aliphatic rings. The van der Waals surface area contributed by atoms with E-state index in [-0.39, 0.29) is 0 Å². The van der Waals surface area contributed by atoms with Crippen LogP contribution in [-0.2, 0) is 10.1 Å². The van der Waals surface area contributed by atoms with Crippen molar-refractivity contribution < 1.29 is 13.0 Å². The molecule has 0 amide bonds. The van der Waals surface area contributed by atoms with E-state index in [2.05, 4.69) is 58.0 Å². The van der Waals surface area contributed by atoms with Crippen LogP contribution >= 0.6 is 7.26 Å². The third kappa shape index (κ3) is 12.5. The van der Waals surface area contributed by atoms with Crippen molar-refractivity contribution in [1.82, 2.24) is 0 Å². The van der Waals surface area contributed by atoms with E-state index in [1.807, 2.05) is 0 Å². The molecule has 146 valence electrons. The zero-order chi connectivity index (χ0) is 19.3. The van der Waals surface area contributed by atoms with Crippen LogP contribution < -0.4 is 5.30 Å². The van der Waals surface area contributed by atoms with Crippen molar-refractivity contribution in [2.75, 3.05) is 24.7 Å². The van der Waals surface area contributed by atoms with Crippen molar-refractivity contribution in [3.8, 4) is 0 Å². The topological polar surface area (TPSA) is 57.2 Å². The highest BCUT2D eigenvalue weighted by Crippen LogP contribution is 2.59. The largest absolute Gasteiger partial charge is 0.748 e. The van der Waals surface area contributed by atoms with Crippen molar-refractivity contribution in [3.63, 3.8) is 0 Å². The minimum Gasteiger partial charge on any atom is -0.748 e. The van der Waals surface area contributed by atoms with Crippen LogP contribution in [-0.4, -0.2) is 37.7 Å². The van der Waals surface area contributed by atoms with Crippen LogP contribution in [0.1, 0.15) is 59.8 Å². The number of rotatable bonds is 10. The van der Waals surface area contributed by atoms with Crippen LogP contribution in [0.5, 0.6) is 0 Å². The molecule has 25 heavy (non-hydrogen) atoms. The molecule has 0 bridgehead atoms. The summed E-state index contributed by atoms with van der Waals surface area (Å²) < 4.78 is 27.2. The molecule has 1 rings (SSSR count). The average molecular weight is 389 g/mol. The fraction of sp³-hybridized carbons (Fsp3) is 0.700. The molecule has 3 nitrogen and oxygen atoms in total. The molecule has 0 spiro atoms. The Morgan fingerprint density at radius 2 is 1.40 bits per heavy atom. The molecule has 0 fully saturated rings. The van der Waals surface area contributed by atoms with E-state index in [1.54, 1.807) is 5.30 Å². The van der Waals surface area contributed by atoms with Gasteiger partial charge in [0.05, 0.1) is 33.9 Å². The Morgan fingerprint density at radius 1 is 0.960 bits per heavy atom. The molecule has 0 aliphatic carbocycles. The van der Waals surface area contributed by atoms with Gasteiger partial charge in [-0.15, -0.1) is 0 Å². The summed E-state index contributed by atoms with van der Waals surface area (Å²) in [6.07, 6.45) is 11.9. The van der Waals surface area contributed by atoms with E-state index >= 15 is 0 Å². The summed E-state index contributed by atoms with van der Waals surface area (Å²) in [5, 5.41) is 1.70. The van der Waals surface area contributed by atoms with Crippen LogP contribution in [0.25, 0.3) is 0 Å². The number of benzene rings is 1. The lowest BCUT2D eigenvalue weighted by Crippen LogP contribution is -2.21. The maximum absolute atomic E-state index is 9.08. The van der Waals surface area contributed by atoms with Crippen molar-refractivity contribution in [2.45, 2.75) is 59.8 Å².